The monoisotopic (exact) mass is 396 g/mol. The first-order chi connectivity index (χ1) is 13.9. The predicted octanol–water partition coefficient (Wildman–Crippen LogP) is 4.30. The number of carbonyl (C=O) groups excluding carboxylic acids is 1. The van der Waals surface area contributed by atoms with E-state index in [0.29, 0.717) is 42.8 Å². The highest BCUT2D eigenvalue weighted by atomic mass is 16.5. The van der Waals surface area contributed by atoms with Gasteiger partial charge in [-0.25, -0.2) is 0 Å². The predicted molar refractivity (Wildman–Crippen MR) is 111 cm³/mol. The van der Waals surface area contributed by atoms with E-state index in [-0.39, 0.29) is 23.2 Å². The van der Waals surface area contributed by atoms with Crippen LogP contribution in [0.15, 0.2) is 12.1 Å². The maximum absolute atomic E-state index is 10.8. The number of unbranched alkanes of at least 4 members (excludes halogenated alkanes) is 1. The molecule has 3 aliphatic rings. The zero-order valence-corrected chi connectivity index (χ0v) is 17.5. The molecule has 0 unspecified atom stereocenters. The van der Waals surface area contributed by atoms with Crippen molar-refractivity contribution in [2.75, 3.05) is 6.61 Å². The number of aryl methyl sites for hydroxylation is 1. The van der Waals surface area contributed by atoms with Crippen molar-refractivity contribution in [1.82, 2.24) is 0 Å². The molecule has 0 spiro atoms. The summed E-state index contributed by atoms with van der Waals surface area (Å²) in [6.45, 7) is 4.09. The number of fused-ring (bicyclic) bond motifs is 5. The molecular weight excluding hydrogens is 364 g/mol. The average Bonchev–Trinajstić information content (AvgIpc) is 2.99. The third-order valence-corrected chi connectivity index (χ3v) is 7.77. The normalized spacial score (nSPS) is 32.4. The molecule has 156 valence electrons. The van der Waals surface area contributed by atoms with Gasteiger partial charge in [-0.2, -0.15) is 0 Å². The number of phenols is 1. The van der Waals surface area contributed by atoms with Crippen molar-refractivity contribution in [3.05, 3.63) is 28.8 Å². The van der Waals surface area contributed by atoms with Crippen molar-refractivity contribution in [1.29, 1.82) is 0 Å². The van der Waals surface area contributed by atoms with Crippen LogP contribution in [0.4, 0.5) is 0 Å². The van der Waals surface area contributed by atoms with Crippen LogP contribution in [0.1, 0.15) is 81.4 Å². The smallest absolute Gasteiger partial charge is 0.302 e. The van der Waals surface area contributed by atoms with Crippen LogP contribution in [0.25, 0.3) is 0 Å². The zero-order valence-electron chi connectivity index (χ0n) is 17.5. The Morgan fingerprint density at radius 1 is 1.28 bits per heavy atom. The minimum Gasteiger partial charge on any atom is -0.507 e. The number of rotatable bonds is 3. The Balaban J connectivity index is 1.51. The van der Waals surface area contributed by atoms with E-state index in [1.807, 2.05) is 6.07 Å². The Kier molecular flexibility index (Phi) is 5.62. The molecule has 4 heteroatoms. The van der Waals surface area contributed by atoms with E-state index in [9.17, 15) is 15.0 Å². The number of ether oxygens (including phenoxy) is 1. The number of hydrogen-bond donors (Lipinski definition) is 2. The van der Waals surface area contributed by atoms with Gasteiger partial charge in [-0.3, -0.25) is 4.79 Å². The summed E-state index contributed by atoms with van der Waals surface area (Å²) >= 11 is 0. The minimum atomic E-state index is -0.266. The molecule has 1 aromatic carbocycles. The van der Waals surface area contributed by atoms with E-state index in [4.69, 9.17) is 4.74 Å². The molecule has 0 saturated heterocycles. The van der Waals surface area contributed by atoms with Crippen molar-refractivity contribution in [2.24, 2.45) is 17.3 Å². The molecule has 29 heavy (non-hydrogen) atoms. The lowest BCUT2D eigenvalue weighted by Crippen LogP contribution is -2.43. The molecule has 0 amide bonds. The van der Waals surface area contributed by atoms with Crippen LogP contribution in [0.2, 0.25) is 0 Å². The number of esters is 1. The number of aliphatic hydroxyl groups is 1. The first-order valence-electron chi connectivity index (χ1n) is 11.1. The van der Waals surface area contributed by atoms with Gasteiger partial charge in [-0.1, -0.05) is 18.8 Å². The molecule has 5 atom stereocenters. The van der Waals surface area contributed by atoms with Gasteiger partial charge in [0, 0.05) is 13.3 Å². The van der Waals surface area contributed by atoms with Gasteiger partial charge in [0.15, 0.2) is 0 Å². The van der Waals surface area contributed by atoms with E-state index in [1.54, 1.807) is 0 Å². The maximum Gasteiger partial charge on any atom is 0.302 e. The van der Waals surface area contributed by atoms with Gasteiger partial charge in [0.1, 0.15) is 5.75 Å². The fourth-order valence-corrected chi connectivity index (χ4v) is 6.22. The summed E-state index contributed by atoms with van der Waals surface area (Å²) in [6.07, 6.45) is 7.62. The van der Waals surface area contributed by atoms with Gasteiger partial charge in [-0.05, 0) is 91.4 Å². The number of aliphatic hydroxyl groups excluding tert-OH is 1. The second-order valence-electron chi connectivity index (χ2n) is 9.37. The summed E-state index contributed by atoms with van der Waals surface area (Å²) in [5.74, 6) is 8.00. The van der Waals surface area contributed by atoms with E-state index < -0.39 is 0 Å². The second-order valence-corrected chi connectivity index (χ2v) is 9.37. The fraction of sp³-hybridized carbons (Fsp3) is 0.640. The van der Waals surface area contributed by atoms with Gasteiger partial charge in [0.2, 0.25) is 0 Å². The van der Waals surface area contributed by atoms with Crippen LogP contribution in [0.5, 0.6) is 5.75 Å². The highest BCUT2D eigenvalue weighted by Gasteiger charge is 2.54. The van der Waals surface area contributed by atoms with Gasteiger partial charge < -0.3 is 14.9 Å². The summed E-state index contributed by atoms with van der Waals surface area (Å²) in [7, 11) is 0. The molecule has 2 saturated carbocycles. The quantitative estimate of drug-likeness (QED) is 0.454. The highest BCUT2D eigenvalue weighted by Crippen LogP contribution is 2.61. The van der Waals surface area contributed by atoms with Gasteiger partial charge in [0.25, 0.3) is 0 Å². The van der Waals surface area contributed by atoms with Gasteiger partial charge in [0.05, 0.1) is 18.3 Å². The Hall–Kier alpha value is -1.99. The molecular formula is C25H32O4. The van der Waals surface area contributed by atoms with Crippen LogP contribution >= 0.6 is 0 Å². The second kappa shape index (κ2) is 8.03. The Bertz CT molecular complexity index is 848. The van der Waals surface area contributed by atoms with Gasteiger partial charge >= 0.3 is 5.97 Å². The van der Waals surface area contributed by atoms with Crippen LogP contribution in [-0.2, 0) is 16.0 Å². The molecule has 2 N–H and O–H groups in total. The lowest BCUT2D eigenvalue weighted by Gasteiger charge is -2.50. The van der Waals surface area contributed by atoms with Crippen LogP contribution in [0, 0.1) is 29.1 Å². The lowest BCUT2D eigenvalue weighted by molar-refractivity contribution is -0.141. The first kappa shape index (κ1) is 20.3. The Morgan fingerprint density at radius 2 is 2.10 bits per heavy atom. The molecule has 0 heterocycles. The fourth-order valence-electron chi connectivity index (χ4n) is 6.22. The topological polar surface area (TPSA) is 66.8 Å². The first-order valence-corrected chi connectivity index (χ1v) is 11.1. The summed E-state index contributed by atoms with van der Waals surface area (Å²) in [5, 5.41) is 21.0. The van der Waals surface area contributed by atoms with Crippen molar-refractivity contribution in [3.8, 4) is 17.6 Å². The molecule has 4 nitrogen and oxygen atoms in total. The van der Waals surface area contributed by atoms with Crippen LogP contribution in [-0.4, -0.2) is 28.9 Å². The van der Waals surface area contributed by atoms with E-state index in [2.05, 4.69) is 24.8 Å². The van der Waals surface area contributed by atoms with Crippen LogP contribution in [0.3, 0.4) is 0 Å². The highest BCUT2D eigenvalue weighted by molar-refractivity contribution is 5.65. The number of benzene rings is 1. The SMILES string of the molecule is CC(=O)OCCCC#Cc1cc2c(cc1O)CC[C@@H]1[C@@H]2CC[C@]2(C)[C@@H](O)CC[C@@H]12. The third kappa shape index (κ3) is 3.78. The molecule has 4 rings (SSSR count). The molecule has 0 aromatic heterocycles. The third-order valence-electron chi connectivity index (χ3n) is 7.77. The van der Waals surface area contributed by atoms with Gasteiger partial charge in [-0.15, -0.1) is 0 Å². The molecule has 2 fully saturated rings. The number of phenolic OH excluding ortho intramolecular Hbond substituents is 1. The molecule has 0 aliphatic heterocycles. The largest absolute Gasteiger partial charge is 0.507 e. The van der Waals surface area contributed by atoms with Crippen molar-refractivity contribution in [3.63, 3.8) is 0 Å². The molecule has 0 bridgehead atoms. The summed E-state index contributed by atoms with van der Waals surface area (Å²) in [5.41, 5.74) is 3.43. The Labute approximate surface area is 173 Å². The minimum absolute atomic E-state index is 0.0835. The van der Waals surface area contributed by atoms with Crippen molar-refractivity contribution < 1.29 is 19.7 Å². The molecule has 3 aliphatic carbocycles. The summed E-state index contributed by atoms with van der Waals surface area (Å²) in [4.78, 5) is 10.8. The number of carbonyl (C=O) groups is 1. The van der Waals surface area contributed by atoms with Crippen molar-refractivity contribution in [2.45, 2.75) is 77.2 Å². The average molecular weight is 397 g/mol. The number of hydrogen-bond acceptors (Lipinski definition) is 4. The molecule has 1 aromatic rings. The lowest BCUT2D eigenvalue weighted by atomic mass is 9.55. The van der Waals surface area contributed by atoms with E-state index >= 15 is 0 Å². The number of aromatic hydroxyl groups is 1. The van der Waals surface area contributed by atoms with E-state index in [0.717, 1.165) is 38.5 Å². The van der Waals surface area contributed by atoms with Crippen LogP contribution < -0.4 is 0 Å². The zero-order chi connectivity index (χ0) is 20.6. The summed E-state index contributed by atoms with van der Waals surface area (Å²) < 4.78 is 4.93. The van der Waals surface area contributed by atoms with Crippen molar-refractivity contribution >= 4 is 5.97 Å². The maximum atomic E-state index is 10.8. The van der Waals surface area contributed by atoms with E-state index in [1.165, 1.54) is 18.1 Å². The molecule has 0 radical (unpaired) electrons. The summed E-state index contributed by atoms with van der Waals surface area (Å²) in [6, 6.07) is 4.04. The standard InChI is InChI=1S/C25H32O4/c1-16(26)29-13-5-3-4-6-18-14-21-17(15-23(18)27)7-8-20-19(21)11-12-25(2)22(20)9-10-24(25)28/h14-15,19-20,22,24,27-28H,3,5,7-13H2,1-2H3/t19-,20+,22-,24-,25-/m0/s1. The Morgan fingerprint density at radius 3 is 2.90 bits per heavy atom.